The molecule has 2 fully saturated rings. The van der Waals surface area contributed by atoms with Crippen molar-refractivity contribution in [2.75, 3.05) is 26.7 Å². The molecule has 3 rings (SSSR count). The highest BCUT2D eigenvalue weighted by Crippen LogP contribution is 2.35. The van der Waals surface area contributed by atoms with Crippen molar-refractivity contribution in [2.45, 2.75) is 24.9 Å². The molecule has 4 nitrogen and oxygen atoms in total. The summed E-state index contributed by atoms with van der Waals surface area (Å²) in [5.74, 6) is 0. The molecule has 1 amide bonds. The van der Waals surface area contributed by atoms with E-state index in [9.17, 15) is 4.79 Å². The van der Waals surface area contributed by atoms with Crippen LogP contribution in [0.25, 0.3) is 0 Å². The summed E-state index contributed by atoms with van der Waals surface area (Å²) in [6.07, 6.45) is 1.83. The van der Waals surface area contributed by atoms with E-state index in [1.165, 1.54) is 0 Å². The average molecular weight is 260 g/mol. The molecule has 2 saturated heterocycles. The molecule has 2 heterocycles. The number of likely N-dealkylation sites (tertiary alicyclic amines) is 1. The first-order valence-corrected chi connectivity index (χ1v) is 6.86. The van der Waals surface area contributed by atoms with Gasteiger partial charge in [-0.05, 0) is 19.0 Å². The van der Waals surface area contributed by atoms with Gasteiger partial charge in [-0.15, -0.1) is 0 Å². The van der Waals surface area contributed by atoms with Crippen molar-refractivity contribution < 1.29 is 9.53 Å². The van der Waals surface area contributed by atoms with Crippen LogP contribution in [-0.2, 0) is 11.3 Å². The topological polar surface area (TPSA) is 32.8 Å². The van der Waals surface area contributed by atoms with Crippen molar-refractivity contribution in [3.05, 3.63) is 35.9 Å². The number of carbonyl (C=O) groups is 1. The zero-order valence-electron chi connectivity index (χ0n) is 11.3. The normalized spacial score (nSPS) is 27.8. The standard InChI is InChI=1S/C15H20N2O2/c1-16-9-7-15(12-16)8-10-19-14(18)17(15)11-13-5-3-2-4-6-13/h2-6H,7-12H2,1H3. The Kier molecular flexibility index (Phi) is 3.19. The number of ether oxygens (including phenoxy) is 1. The molecule has 2 aliphatic heterocycles. The molecule has 0 radical (unpaired) electrons. The molecule has 0 bridgehead atoms. The number of hydrogen-bond acceptors (Lipinski definition) is 3. The molecule has 1 spiro atoms. The molecule has 0 saturated carbocycles. The number of rotatable bonds is 2. The Bertz CT molecular complexity index is 458. The first kappa shape index (κ1) is 12.5. The summed E-state index contributed by atoms with van der Waals surface area (Å²) in [5, 5.41) is 0. The van der Waals surface area contributed by atoms with Crippen molar-refractivity contribution in [1.29, 1.82) is 0 Å². The van der Waals surface area contributed by atoms with Crippen molar-refractivity contribution in [3.8, 4) is 0 Å². The first-order chi connectivity index (χ1) is 9.20. The highest BCUT2D eigenvalue weighted by Gasteiger charge is 2.47. The van der Waals surface area contributed by atoms with Crippen molar-refractivity contribution in [3.63, 3.8) is 0 Å². The van der Waals surface area contributed by atoms with Gasteiger partial charge in [-0.3, -0.25) is 4.90 Å². The van der Waals surface area contributed by atoms with Gasteiger partial charge in [0.25, 0.3) is 0 Å². The van der Waals surface area contributed by atoms with Gasteiger partial charge >= 0.3 is 6.09 Å². The molecule has 19 heavy (non-hydrogen) atoms. The third kappa shape index (κ3) is 2.32. The van der Waals surface area contributed by atoms with Crippen molar-refractivity contribution >= 4 is 6.09 Å². The maximum atomic E-state index is 12.2. The minimum atomic E-state index is -0.162. The summed E-state index contributed by atoms with van der Waals surface area (Å²) in [7, 11) is 2.12. The molecule has 1 atom stereocenters. The number of amides is 1. The summed E-state index contributed by atoms with van der Waals surface area (Å²) in [5.41, 5.74) is 1.13. The molecule has 2 aliphatic rings. The Balaban J connectivity index is 1.84. The molecule has 1 unspecified atom stereocenters. The second-order valence-corrected chi connectivity index (χ2v) is 5.65. The highest BCUT2D eigenvalue weighted by molar-refractivity contribution is 5.70. The van der Waals surface area contributed by atoms with Crippen LogP contribution in [0.4, 0.5) is 4.79 Å². The van der Waals surface area contributed by atoms with Crippen LogP contribution in [0, 0.1) is 0 Å². The molecule has 102 valence electrons. The van der Waals surface area contributed by atoms with Crippen LogP contribution < -0.4 is 0 Å². The maximum absolute atomic E-state index is 12.2. The lowest BCUT2D eigenvalue weighted by Crippen LogP contribution is -2.56. The number of cyclic esters (lactones) is 1. The van der Waals surface area contributed by atoms with Gasteiger partial charge in [-0.1, -0.05) is 30.3 Å². The molecular weight excluding hydrogens is 240 g/mol. The molecule has 0 N–H and O–H groups in total. The van der Waals surface area contributed by atoms with E-state index in [-0.39, 0.29) is 11.6 Å². The van der Waals surface area contributed by atoms with Gasteiger partial charge in [0, 0.05) is 26.1 Å². The SMILES string of the molecule is CN1CCC2(CCOC(=O)N2Cc2ccccc2)C1. The fraction of sp³-hybridized carbons (Fsp3) is 0.533. The van der Waals surface area contributed by atoms with Gasteiger partial charge in [0.1, 0.15) is 0 Å². The molecule has 4 heteroatoms. The highest BCUT2D eigenvalue weighted by atomic mass is 16.6. The average Bonchev–Trinajstić information content (AvgIpc) is 2.78. The van der Waals surface area contributed by atoms with E-state index < -0.39 is 0 Å². The Labute approximate surface area is 113 Å². The fourth-order valence-electron chi connectivity index (χ4n) is 3.22. The molecular formula is C15H20N2O2. The smallest absolute Gasteiger partial charge is 0.410 e. The van der Waals surface area contributed by atoms with Crippen LogP contribution in [-0.4, -0.2) is 48.2 Å². The Morgan fingerprint density at radius 2 is 2.05 bits per heavy atom. The van der Waals surface area contributed by atoms with Gasteiger partial charge in [-0.25, -0.2) is 4.79 Å². The van der Waals surface area contributed by atoms with Crippen molar-refractivity contribution in [2.24, 2.45) is 0 Å². The van der Waals surface area contributed by atoms with E-state index in [0.29, 0.717) is 13.2 Å². The van der Waals surface area contributed by atoms with Crippen LogP contribution in [0.2, 0.25) is 0 Å². The zero-order valence-corrected chi connectivity index (χ0v) is 11.3. The van der Waals surface area contributed by atoms with Crippen LogP contribution in [0.3, 0.4) is 0 Å². The fourth-order valence-corrected chi connectivity index (χ4v) is 3.22. The number of nitrogens with zero attached hydrogens (tertiary/aromatic N) is 2. The van der Waals surface area contributed by atoms with Gasteiger partial charge in [0.2, 0.25) is 0 Å². The number of carbonyl (C=O) groups excluding carboxylic acids is 1. The minimum absolute atomic E-state index is 0.0279. The summed E-state index contributed by atoms with van der Waals surface area (Å²) in [6, 6.07) is 10.1. The van der Waals surface area contributed by atoms with E-state index in [1.54, 1.807) is 0 Å². The zero-order chi connectivity index (χ0) is 13.3. The van der Waals surface area contributed by atoms with Crippen LogP contribution in [0.15, 0.2) is 30.3 Å². The lowest BCUT2D eigenvalue weighted by molar-refractivity contribution is -0.00437. The second kappa shape index (κ2) is 4.85. The second-order valence-electron chi connectivity index (χ2n) is 5.65. The molecule has 0 aromatic heterocycles. The lowest BCUT2D eigenvalue weighted by Gasteiger charge is -2.43. The number of likely N-dealkylation sites (N-methyl/N-ethyl adjacent to an activating group) is 1. The maximum Gasteiger partial charge on any atom is 0.410 e. The minimum Gasteiger partial charge on any atom is -0.449 e. The summed E-state index contributed by atoms with van der Waals surface area (Å²) in [4.78, 5) is 16.4. The van der Waals surface area contributed by atoms with E-state index >= 15 is 0 Å². The molecule has 1 aromatic carbocycles. The summed E-state index contributed by atoms with van der Waals surface area (Å²) >= 11 is 0. The first-order valence-electron chi connectivity index (χ1n) is 6.86. The number of benzene rings is 1. The lowest BCUT2D eigenvalue weighted by atomic mass is 9.91. The van der Waals surface area contributed by atoms with Gasteiger partial charge < -0.3 is 9.64 Å². The summed E-state index contributed by atoms with van der Waals surface area (Å²) in [6.45, 7) is 3.21. The van der Waals surface area contributed by atoms with Gasteiger partial charge in [0.15, 0.2) is 0 Å². The third-order valence-electron chi connectivity index (χ3n) is 4.29. The van der Waals surface area contributed by atoms with E-state index in [0.717, 1.165) is 31.5 Å². The Hall–Kier alpha value is -1.55. The Morgan fingerprint density at radius 3 is 2.74 bits per heavy atom. The number of hydrogen-bond donors (Lipinski definition) is 0. The quantitative estimate of drug-likeness (QED) is 0.816. The van der Waals surface area contributed by atoms with E-state index in [1.807, 2.05) is 23.1 Å². The largest absolute Gasteiger partial charge is 0.449 e. The van der Waals surface area contributed by atoms with Gasteiger partial charge in [-0.2, -0.15) is 0 Å². The third-order valence-corrected chi connectivity index (χ3v) is 4.29. The Morgan fingerprint density at radius 1 is 1.26 bits per heavy atom. The van der Waals surface area contributed by atoms with Crippen molar-refractivity contribution in [1.82, 2.24) is 9.80 Å². The van der Waals surface area contributed by atoms with E-state index in [4.69, 9.17) is 4.74 Å². The molecule has 1 aromatic rings. The van der Waals surface area contributed by atoms with E-state index in [2.05, 4.69) is 24.1 Å². The predicted octanol–water partition coefficient (Wildman–Crippen LogP) is 2.10. The monoisotopic (exact) mass is 260 g/mol. The van der Waals surface area contributed by atoms with Crippen LogP contribution in [0.5, 0.6) is 0 Å². The van der Waals surface area contributed by atoms with Crippen LogP contribution in [0.1, 0.15) is 18.4 Å². The van der Waals surface area contributed by atoms with Gasteiger partial charge in [0.05, 0.1) is 12.1 Å². The summed E-state index contributed by atoms with van der Waals surface area (Å²) < 4.78 is 5.25. The van der Waals surface area contributed by atoms with Crippen LogP contribution >= 0.6 is 0 Å². The molecule has 0 aliphatic carbocycles. The predicted molar refractivity (Wildman–Crippen MR) is 72.8 cm³/mol.